The van der Waals surface area contributed by atoms with Crippen molar-refractivity contribution in [2.24, 2.45) is 11.7 Å². The second-order valence-electron chi connectivity index (χ2n) is 10.2. The van der Waals surface area contributed by atoms with Crippen LogP contribution in [-0.4, -0.2) is 28.1 Å². The maximum atomic E-state index is 13.4. The zero-order chi connectivity index (χ0) is 28.5. The third-order valence-electron chi connectivity index (χ3n) is 7.50. The van der Waals surface area contributed by atoms with E-state index in [4.69, 9.17) is 22.9 Å². The van der Waals surface area contributed by atoms with Gasteiger partial charge in [0.2, 0.25) is 0 Å². The molecular weight excluding hydrogens is 538 g/mol. The average Bonchev–Trinajstić information content (AvgIpc) is 3.41. The van der Waals surface area contributed by atoms with E-state index in [0.29, 0.717) is 23.9 Å². The molecule has 11 heteroatoms. The van der Waals surface area contributed by atoms with Crippen molar-refractivity contribution in [3.8, 4) is 0 Å². The molecule has 0 bridgehead atoms. The first kappa shape index (κ1) is 28.9. The van der Waals surface area contributed by atoms with Crippen molar-refractivity contribution in [3.63, 3.8) is 0 Å². The van der Waals surface area contributed by atoms with Crippen molar-refractivity contribution < 1.29 is 26.3 Å². The van der Waals surface area contributed by atoms with Crippen LogP contribution >= 0.6 is 12.2 Å². The normalized spacial score (nSPS) is 15.5. The lowest BCUT2D eigenvalue weighted by Crippen LogP contribution is -2.38. The van der Waals surface area contributed by atoms with Gasteiger partial charge in [0.25, 0.3) is 0 Å². The van der Waals surface area contributed by atoms with Crippen LogP contribution in [0.3, 0.4) is 0 Å². The molecule has 4 nitrogen and oxygen atoms in total. The average molecular weight is 569 g/mol. The Morgan fingerprint density at radius 1 is 0.974 bits per heavy atom. The highest BCUT2D eigenvalue weighted by molar-refractivity contribution is 7.80. The summed E-state index contributed by atoms with van der Waals surface area (Å²) in [6.07, 6.45) is -5.31. The summed E-state index contributed by atoms with van der Waals surface area (Å²) in [7, 11) is 1.96. The number of benzene rings is 2. The van der Waals surface area contributed by atoms with Gasteiger partial charge < -0.3 is 15.5 Å². The van der Waals surface area contributed by atoms with E-state index in [1.807, 2.05) is 37.4 Å². The fourth-order valence-electron chi connectivity index (χ4n) is 5.27. The summed E-state index contributed by atoms with van der Waals surface area (Å²) >= 11 is 5.20. The number of hydrogen-bond donors (Lipinski definition) is 1. The van der Waals surface area contributed by atoms with Gasteiger partial charge >= 0.3 is 12.4 Å². The number of fused-ring (bicyclic) bond motifs is 1. The van der Waals surface area contributed by atoms with Gasteiger partial charge in [-0.15, -0.1) is 0 Å². The van der Waals surface area contributed by atoms with Crippen LogP contribution in [-0.2, 0) is 25.4 Å². The van der Waals surface area contributed by atoms with Gasteiger partial charge in [-0.05, 0) is 73.8 Å². The summed E-state index contributed by atoms with van der Waals surface area (Å²) in [6.45, 7) is 1.86. The molecule has 1 aliphatic carbocycles. The van der Waals surface area contributed by atoms with Gasteiger partial charge in [-0.2, -0.15) is 26.3 Å². The van der Waals surface area contributed by atoms with Gasteiger partial charge in [-0.3, -0.25) is 0 Å². The predicted octanol–water partition coefficient (Wildman–Crippen LogP) is 7.53. The molecule has 0 amide bonds. The first-order valence-electron chi connectivity index (χ1n) is 12.7. The summed E-state index contributed by atoms with van der Waals surface area (Å²) in [6, 6.07) is 11.1. The fraction of sp³-hybridized carbons (Fsp3) is 0.429. The van der Waals surface area contributed by atoms with Crippen LogP contribution in [0.4, 0.5) is 32.2 Å². The van der Waals surface area contributed by atoms with E-state index in [0.717, 1.165) is 29.3 Å². The van der Waals surface area contributed by atoms with Gasteiger partial charge in [-0.25, -0.2) is 4.98 Å². The molecule has 3 aromatic rings. The van der Waals surface area contributed by atoms with Crippen LogP contribution in [0.15, 0.2) is 48.5 Å². The molecule has 0 radical (unpaired) electrons. The number of pyridine rings is 1. The van der Waals surface area contributed by atoms with Crippen LogP contribution in [0.1, 0.15) is 54.9 Å². The summed E-state index contributed by atoms with van der Waals surface area (Å²) in [5.41, 5.74) is 4.49. The number of nitrogens with two attached hydrogens (primary N) is 1. The second-order valence-corrected chi connectivity index (χ2v) is 10.6. The zero-order valence-electron chi connectivity index (χ0n) is 21.6. The van der Waals surface area contributed by atoms with Crippen LogP contribution in [0.25, 0.3) is 10.9 Å². The molecule has 39 heavy (non-hydrogen) atoms. The molecule has 1 fully saturated rings. The van der Waals surface area contributed by atoms with E-state index in [9.17, 15) is 26.3 Å². The van der Waals surface area contributed by atoms with E-state index in [1.54, 1.807) is 0 Å². The van der Waals surface area contributed by atoms with Crippen molar-refractivity contribution in [3.05, 3.63) is 70.8 Å². The van der Waals surface area contributed by atoms with Crippen molar-refractivity contribution in [1.29, 1.82) is 0 Å². The van der Waals surface area contributed by atoms with Crippen LogP contribution in [0, 0.1) is 5.92 Å². The largest absolute Gasteiger partial charge is 0.416 e. The summed E-state index contributed by atoms with van der Waals surface area (Å²) in [4.78, 5) is 8.39. The van der Waals surface area contributed by atoms with E-state index in [1.165, 1.54) is 17.7 Å². The Morgan fingerprint density at radius 3 is 2.13 bits per heavy atom. The van der Waals surface area contributed by atoms with Crippen LogP contribution in [0.2, 0.25) is 0 Å². The molecule has 1 saturated carbocycles. The smallest absolute Gasteiger partial charge is 0.376 e. The topological polar surface area (TPSA) is 45.4 Å². The van der Waals surface area contributed by atoms with Gasteiger partial charge in [0.1, 0.15) is 5.82 Å². The minimum atomic E-state index is -4.95. The molecule has 1 heterocycles. The quantitative estimate of drug-likeness (QED) is 0.236. The molecule has 1 atom stereocenters. The Morgan fingerprint density at radius 2 is 1.56 bits per heavy atom. The molecule has 210 valence electrons. The van der Waals surface area contributed by atoms with E-state index in [2.05, 4.69) is 11.8 Å². The van der Waals surface area contributed by atoms with Gasteiger partial charge in [-0.1, -0.05) is 31.0 Å². The molecule has 1 aromatic heterocycles. The van der Waals surface area contributed by atoms with E-state index in [-0.39, 0.29) is 35.9 Å². The van der Waals surface area contributed by atoms with Crippen molar-refractivity contribution in [2.45, 2.75) is 64.1 Å². The maximum Gasteiger partial charge on any atom is 0.416 e. The maximum absolute atomic E-state index is 13.4. The number of para-hydroxylation sites is 1. The Balaban J connectivity index is 1.72. The second kappa shape index (κ2) is 11.2. The fourth-order valence-corrected chi connectivity index (χ4v) is 5.40. The van der Waals surface area contributed by atoms with Crippen molar-refractivity contribution in [1.82, 2.24) is 9.88 Å². The summed E-state index contributed by atoms with van der Waals surface area (Å²) < 4.78 is 80.6. The minimum Gasteiger partial charge on any atom is -0.376 e. The molecule has 0 spiro atoms. The molecule has 2 aromatic carbocycles. The lowest BCUT2D eigenvalue weighted by Gasteiger charge is -2.33. The molecule has 1 unspecified atom stereocenters. The number of halogens is 6. The Kier molecular flexibility index (Phi) is 8.30. The molecular formula is C28H30F6N4S. The third kappa shape index (κ3) is 6.74. The van der Waals surface area contributed by atoms with E-state index >= 15 is 0 Å². The number of hydrogen-bond acceptors (Lipinski definition) is 3. The Hall–Kier alpha value is -3.08. The lowest BCUT2D eigenvalue weighted by molar-refractivity contribution is -0.143. The van der Waals surface area contributed by atoms with Gasteiger partial charge in [0.05, 0.1) is 16.6 Å². The number of nitrogens with zero attached hydrogens (tertiary/aromatic N) is 3. The molecule has 1 aliphatic rings. The third-order valence-corrected chi connectivity index (χ3v) is 7.76. The predicted molar refractivity (Wildman–Crippen MR) is 144 cm³/mol. The highest BCUT2D eigenvalue weighted by Crippen LogP contribution is 2.37. The number of aromatic nitrogens is 1. The lowest BCUT2D eigenvalue weighted by atomic mass is 9.98. The number of alkyl halides is 6. The Bertz CT molecular complexity index is 1300. The van der Waals surface area contributed by atoms with Crippen LogP contribution < -0.4 is 10.6 Å². The van der Waals surface area contributed by atoms with Crippen LogP contribution in [0.5, 0.6) is 0 Å². The summed E-state index contributed by atoms with van der Waals surface area (Å²) in [5, 5.41) is 0.700. The number of thiocarbonyl (C=S) groups is 1. The summed E-state index contributed by atoms with van der Waals surface area (Å²) in [5.74, 6) is 1.17. The molecule has 2 N–H and O–H groups in total. The first-order valence-corrected chi connectivity index (χ1v) is 13.1. The van der Waals surface area contributed by atoms with Gasteiger partial charge in [0.15, 0.2) is 5.11 Å². The first-order chi connectivity index (χ1) is 18.2. The Labute approximate surface area is 228 Å². The van der Waals surface area contributed by atoms with E-state index < -0.39 is 23.5 Å². The SMILES string of the molecule is CC(C1CCCC1)N(C)c1nc2ccccc2cc1CN(Cc1cc(C(F)(F)F)cc(C(F)(F)F)c1)C(N)=S. The van der Waals surface area contributed by atoms with Crippen molar-refractivity contribution >= 4 is 34.1 Å². The highest BCUT2D eigenvalue weighted by atomic mass is 32.1. The number of anilines is 1. The highest BCUT2D eigenvalue weighted by Gasteiger charge is 2.37. The molecule has 0 saturated heterocycles. The standard InChI is InChI=1S/C28H30F6N4S/c1-17(19-7-3-4-8-19)37(2)25-21(13-20-9-5-6-10-24(20)36-25)16-38(26(35)39)15-18-11-22(27(29,30)31)14-23(12-18)28(32,33)34/h5-6,9-14,17,19H,3-4,7-8,15-16H2,1-2H3,(H2,35,39). The monoisotopic (exact) mass is 568 g/mol. The zero-order valence-corrected chi connectivity index (χ0v) is 22.4. The minimum absolute atomic E-state index is 0.0574. The van der Waals surface area contributed by atoms with Gasteiger partial charge in [0, 0.05) is 37.1 Å². The molecule has 4 rings (SSSR count). The van der Waals surface area contributed by atoms with Crippen molar-refractivity contribution in [2.75, 3.05) is 11.9 Å². The number of rotatable bonds is 7. The molecule has 0 aliphatic heterocycles.